The number of ether oxygens (including phenoxy) is 2. The van der Waals surface area contributed by atoms with Gasteiger partial charge in [-0.2, -0.15) is 0 Å². The minimum Gasteiger partial charge on any atom is -0.466 e. The molecule has 0 saturated carbocycles. The summed E-state index contributed by atoms with van der Waals surface area (Å²) in [4.78, 5) is 25.9. The van der Waals surface area contributed by atoms with E-state index in [-0.39, 0.29) is 17.6 Å². The van der Waals surface area contributed by atoms with E-state index in [1.54, 1.807) is 37.3 Å². The molecule has 2 aromatic carbocycles. The second kappa shape index (κ2) is 8.86. The molecule has 156 valence electrons. The lowest BCUT2D eigenvalue weighted by molar-refractivity contribution is -0.136. The summed E-state index contributed by atoms with van der Waals surface area (Å²) in [5.74, 6) is -4.68. The van der Waals surface area contributed by atoms with Gasteiger partial charge in [0.25, 0.3) is 0 Å². The largest absolute Gasteiger partial charge is 0.466 e. The molecule has 2 aromatic rings. The standard InChI is InChI=1S/C22H18F3NO4/c1-13-8-14(9-15-10-16(23)11-19(24)20(15)25)18(21(27)29-2)12-26(13)22(28)30-17-6-4-3-5-7-17/h3-8,10-12,14H,9H2,1-2H3/t14-/m0/s1. The fourth-order valence-electron chi connectivity index (χ4n) is 3.12. The maximum Gasteiger partial charge on any atom is 0.423 e. The molecule has 1 aliphatic heterocycles. The average Bonchev–Trinajstić information content (AvgIpc) is 2.72. The Morgan fingerprint density at radius 2 is 1.80 bits per heavy atom. The predicted molar refractivity (Wildman–Crippen MR) is 102 cm³/mol. The maximum absolute atomic E-state index is 14.1. The van der Waals surface area contributed by atoms with Crippen LogP contribution >= 0.6 is 0 Å². The fourth-order valence-corrected chi connectivity index (χ4v) is 3.12. The maximum atomic E-state index is 14.1. The van der Waals surface area contributed by atoms with Crippen LogP contribution in [-0.4, -0.2) is 24.1 Å². The number of nitrogens with zero attached hydrogens (tertiary/aromatic N) is 1. The molecule has 0 fully saturated rings. The summed E-state index contributed by atoms with van der Waals surface area (Å²) in [7, 11) is 1.15. The number of methoxy groups -OCH3 is 1. The van der Waals surface area contributed by atoms with Gasteiger partial charge in [-0.3, -0.25) is 4.90 Å². The van der Waals surface area contributed by atoms with Crippen molar-refractivity contribution in [1.82, 2.24) is 4.90 Å². The highest BCUT2D eigenvalue weighted by atomic mass is 19.2. The quantitative estimate of drug-likeness (QED) is 0.533. The summed E-state index contributed by atoms with van der Waals surface area (Å²) in [6.07, 6.45) is 1.77. The van der Waals surface area contributed by atoms with Crippen molar-refractivity contribution in [3.8, 4) is 5.75 Å². The minimum atomic E-state index is -1.32. The summed E-state index contributed by atoms with van der Waals surface area (Å²) in [6, 6.07) is 9.65. The van der Waals surface area contributed by atoms with Crippen molar-refractivity contribution in [3.05, 3.63) is 89.0 Å². The number of hydrogen-bond donors (Lipinski definition) is 0. The van der Waals surface area contributed by atoms with Crippen LogP contribution in [0.25, 0.3) is 0 Å². The number of amides is 1. The van der Waals surface area contributed by atoms with Crippen LogP contribution < -0.4 is 4.74 Å². The number of halogens is 3. The van der Waals surface area contributed by atoms with Crippen LogP contribution in [-0.2, 0) is 16.0 Å². The Hall–Kier alpha value is -3.55. The zero-order chi connectivity index (χ0) is 21.8. The van der Waals surface area contributed by atoms with Crippen LogP contribution in [0.1, 0.15) is 12.5 Å². The molecule has 1 aliphatic rings. The second-order valence-electron chi connectivity index (χ2n) is 6.61. The van der Waals surface area contributed by atoms with E-state index >= 15 is 0 Å². The Balaban J connectivity index is 1.90. The van der Waals surface area contributed by atoms with E-state index in [1.807, 2.05) is 0 Å². The molecule has 0 aliphatic carbocycles. The molecule has 5 nitrogen and oxygen atoms in total. The van der Waals surface area contributed by atoms with Crippen molar-refractivity contribution in [3.63, 3.8) is 0 Å². The first-order valence-electron chi connectivity index (χ1n) is 8.98. The van der Waals surface area contributed by atoms with Crippen LogP contribution in [0.4, 0.5) is 18.0 Å². The van der Waals surface area contributed by atoms with Crippen molar-refractivity contribution in [2.75, 3.05) is 7.11 Å². The third-order valence-corrected chi connectivity index (χ3v) is 4.56. The van der Waals surface area contributed by atoms with Gasteiger partial charge in [0, 0.05) is 23.9 Å². The number of benzene rings is 2. The second-order valence-corrected chi connectivity index (χ2v) is 6.61. The number of carbonyl (C=O) groups is 2. The first kappa shape index (κ1) is 21.2. The third kappa shape index (κ3) is 4.53. The number of esters is 1. The third-order valence-electron chi connectivity index (χ3n) is 4.56. The van der Waals surface area contributed by atoms with Gasteiger partial charge in [0.05, 0.1) is 12.7 Å². The van der Waals surface area contributed by atoms with Gasteiger partial charge >= 0.3 is 12.1 Å². The highest BCUT2D eigenvalue weighted by Gasteiger charge is 2.30. The molecule has 3 rings (SSSR count). The molecule has 0 bridgehead atoms. The smallest absolute Gasteiger partial charge is 0.423 e. The SMILES string of the molecule is COC(=O)C1=CN(C(=O)Oc2ccccc2)C(C)=C[C@H]1Cc1cc(F)cc(F)c1F. The number of allylic oxidation sites excluding steroid dienone is 2. The molecule has 1 atom stereocenters. The van der Waals surface area contributed by atoms with E-state index in [2.05, 4.69) is 0 Å². The van der Waals surface area contributed by atoms with Crippen LogP contribution in [0, 0.1) is 23.4 Å². The van der Waals surface area contributed by atoms with Crippen LogP contribution in [0.15, 0.2) is 66.0 Å². The molecule has 1 heterocycles. The fraction of sp³-hybridized carbons (Fsp3) is 0.182. The van der Waals surface area contributed by atoms with Gasteiger partial charge in [-0.05, 0) is 37.1 Å². The van der Waals surface area contributed by atoms with Crippen molar-refractivity contribution in [2.45, 2.75) is 13.3 Å². The zero-order valence-electron chi connectivity index (χ0n) is 16.2. The topological polar surface area (TPSA) is 55.8 Å². The van der Waals surface area contributed by atoms with Crippen molar-refractivity contribution >= 4 is 12.1 Å². The predicted octanol–water partition coefficient (Wildman–Crippen LogP) is 4.74. The molecule has 1 amide bonds. The van der Waals surface area contributed by atoms with Crippen molar-refractivity contribution in [2.24, 2.45) is 5.92 Å². The first-order valence-corrected chi connectivity index (χ1v) is 8.98. The average molecular weight is 417 g/mol. The van der Waals surface area contributed by atoms with Gasteiger partial charge in [-0.1, -0.05) is 24.3 Å². The Morgan fingerprint density at radius 1 is 1.10 bits per heavy atom. The van der Waals surface area contributed by atoms with Crippen molar-refractivity contribution in [1.29, 1.82) is 0 Å². The summed E-state index contributed by atoms with van der Waals surface area (Å²) >= 11 is 0. The molecule has 8 heteroatoms. The molecular weight excluding hydrogens is 399 g/mol. The Kier molecular flexibility index (Phi) is 6.25. The van der Waals surface area contributed by atoms with E-state index in [4.69, 9.17) is 9.47 Å². The van der Waals surface area contributed by atoms with Crippen LogP contribution in [0.2, 0.25) is 0 Å². The molecule has 0 aromatic heterocycles. The molecule has 30 heavy (non-hydrogen) atoms. The number of hydrogen-bond acceptors (Lipinski definition) is 4. The van der Waals surface area contributed by atoms with Gasteiger partial charge in [0.2, 0.25) is 0 Å². The summed E-state index contributed by atoms with van der Waals surface area (Å²) in [5, 5.41) is 0. The van der Waals surface area contributed by atoms with E-state index in [0.717, 1.165) is 18.1 Å². The van der Waals surface area contributed by atoms with E-state index < -0.39 is 35.4 Å². The minimum absolute atomic E-state index is 0.0113. The first-order chi connectivity index (χ1) is 14.3. The Bertz CT molecular complexity index is 1030. The van der Waals surface area contributed by atoms with E-state index in [9.17, 15) is 22.8 Å². The lowest BCUT2D eigenvalue weighted by Gasteiger charge is -2.28. The molecule has 0 radical (unpaired) electrons. The van der Waals surface area contributed by atoms with Gasteiger partial charge in [0.15, 0.2) is 11.6 Å². The number of para-hydroxylation sites is 1. The highest BCUT2D eigenvalue weighted by Crippen LogP contribution is 2.30. The van der Waals surface area contributed by atoms with Crippen molar-refractivity contribution < 1.29 is 32.2 Å². The Morgan fingerprint density at radius 3 is 2.47 bits per heavy atom. The van der Waals surface area contributed by atoms with Gasteiger partial charge in [-0.15, -0.1) is 0 Å². The monoisotopic (exact) mass is 417 g/mol. The van der Waals surface area contributed by atoms with E-state index in [1.165, 1.54) is 12.3 Å². The summed E-state index contributed by atoms with van der Waals surface area (Å²) in [5.41, 5.74) is 0.166. The zero-order valence-corrected chi connectivity index (χ0v) is 16.2. The molecule has 0 unspecified atom stereocenters. The molecule has 0 saturated heterocycles. The lowest BCUT2D eigenvalue weighted by atomic mass is 9.89. The van der Waals surface area contributed by atoms with Gasteiger partial charge in [-0.25, -0.2) is 22.8 Å². The Labute approximate surface area is 171 Å². The summed E-state index contributed by atoms with van der Waals surface area (Å²) < 4.78 is 51.2. The normalized spacial score (nSPS) is 15.9. The van der Waals surface area contributed by atoms with Gasteiger partial charge in [0.1, 0.15) is 11.6 Å². The lowest BCUT2D eigenvalue weighted by Crippen LogP contribution is -2.33. The molecule has 0 spiro atoms. The summed E-state index contributed by atoms with van der Waals surface area (Å²) in [6.45, 7) is 1.59. The van der Waals surface area contributed by atoms with Gasteiger partial charge < -0.3 is 9.47 Å². The molecule has 0 N–H and O–H groups in total. The van der Waals surface area contributed by atoms with Crippen LogP contribution in [0.5, 0.6) is 5.75 Å². The highest BCUT2D eigenvalue weighted by molar-refractivity contribution is 5.91. The number of carbonyl (C=O) groups excluding carboxylic acids is 2. The molecular formula is C22H18F3NO4. The number of rotatable bonds is 4. The van der Waals surface area contributed by atoms with Crippen LogP contribution in [0.3, 0.4) is 0 Å². The van der Waals surface area contributed by atoms with E-state index in [0.29, 0.717) is 17.5 Å².